The maximum absolute atomic E-state index is 13.9. The van der Waals surface area contributed by atoms with Gasteiger partial charge in [0.15, 0.2) is 0 Å². The summed E-state index contributed by atoms with van der Waals surface area (Å²) in [6, 6.07) is 19.1. The van der Waals surface area contributed by atoms with Crippen LogP contribution in [0.25, 0.3) is 0 Å². The minimum absolute atomic E-state index is 0.117. The zero-order valence-electron chi connectivity index (χ0n) is 21.1. The summed E-state index contributed by atoms with van der Waals surface area (Å²) in [5.41, 5.74) is 4.77. The second-order valence-corrected chi connectivity index (χ2v) is 9.68. The molecule has 2 atom stereocenters. The lowest BCUT2D eigenvalue weighted by molar-refractivity contribution is -0.122. The molecule has 2 unspecified atom stereocenters. The van der Waals surface area contributed by atoms with Gasteiger partial charge < -0.3 is 10.2 Å². The number of nitrogens with zero attached hydrogens (tertiary/aromatic N) is 4. The number of hydrogen-bond acceptors (Lipinski definition) is 6. The van der Waals surface area contributed by atoms with Gasteiger partial charge in [-0.25, -0.2) is 10.0 Å². The molecule has 0 radical (unpaired) electrons. The van der Waals surface area contributed by atoms with Gasteiger partial charge in [-0.2, -0.15) is 10.2 Å². The van der Waals surface area contributed by atoms with Gasteiger partial charge in [0.25, 0.3) is 11.8 Å². The number of anilines is 2. The normalized spacial score (nSPS) is 20.3. The van der Waals surface area contributed by atoms with Crippen molar-refractivity contribution in [3.8, 4) is 11.5 Å². The number of hydrazone groups is 2. The smallest absolute Gasteiger partial charge is 0.256 e. The predicted octanol–water partition coefficient (Wildman–Crippen LogP) is 4.88. The fraction of sp³-hybridized carbons (Fsp3) is 0.241. The van der Waals surface area contributed by atoms with Crippen LogP contribution >= 0.6 is 0 Å². The summed E-state index contributed by atoms with van der Waals surface area (Å²) in [6.45, 7) is 7.43. The fourth-order valence-electron chi connectivity index (χ4n) is 5.09. The summed E-state index contributed by atoms with van der Waals surface area (Å²) >= 11 is 0. The molecule has 3 aromatic rings. The lowest BCUT2D eigenvalue weighted by atomic mass is 9.72. The number of aromatic hydroxyl groups is 2. The summed E-state index contributed by atoms with van der Waals surface area (Å²) in [7, 11) is 0. The van der Waals surface area contributed by atoms with Gasteiger partial charge in [0.2, 0.25) is 0 Å². The highest BCUT2D eigenvalue weighted by Crippen LogP contribution is 2.45. The van der Waals surface area contributed by atoms with Gasteiger partial charge >= 0.3 is 0 Å². The summed E-state index contributed by atoms with van der Waals surface area (Å²) < 4.78 is 0. The minimum atomic E-state index is -0.825. The average Bonchev–Trinajstić information content (AvgIpc) is 3.32. The lowest BCUT2D eigenvalue weighted by Gasteiger charge is -2.29. The van der Waals surface area contributed by atoms with Gasteiger partial charge in [-0.15, -0.1) is 0 Å². The Kier molecular flexibility index (Phi) is 6.03. The molecule has 188 valence electrons. The van der Waals surface area contributed by atoms with E-state index in [1.165, 1.54) is 22.2 Å². The van der Waals surface area contributed by atoms with E-state index in [4.69, 9.17) is 0 Å². The van der Waals surface area contributed by atoms with Crippen molar-refractivity contribution in [2.45, 2.75) is 33.6 Å². The van der Waals surface area contributed by atoms with E-state index < -0.39 is 17.8 Å². The van der Waals surface area contributed by atoms with Crippen LogP contribution in [0, 0.1) is 25.7 Å². The van der Waals surface area contributed by atoms with E-state index in [2.05, 4.69) is 10.2 Å². The topological polar surface area (TPSA) is 106 Å². The van der Waals surface area contributed by atoms with Gasteiger partial charge in [-0.05, 0) is 63.6 Å². The van der Waals surface area contributed by atoms with Crippen molar-refractivity contribution >= 4 is 34.6 Å². The molecule has 8 nitrogen and oxygen atoms in total. The molecule has 37 heavy (non-hydrogen) atoms. The predicted molar refractivity (Wildman–Crippen MR) is 143 cm³/mol. The van der Waals surface area contributed by atoms with Crippen LogP contribution in [0.3, 0.4) is 0 Å². The quantitative estimate of drug-likeness (QED) is 0.525. The van der Waals surface area contributed by atoms with Crippen molar-refractivity contribution in [1.82, 2.24) is 0 Å². The molecular weight excluding hydrogens is 468 g/mol. The molecule has 2 heterocycles. The molecule has 5 rings (SSSR count). The van der Waals surface area contributed by atoms with Gasteiger partial charge in [-0.1, -0.05) is 41.5 Å². The van der Waals surface area contributed by atoms with E-state index in [1.54, 1.807) is 19.9 Å². The monoisotopic (exact) mass is 496 g/mol. The summed E-state index contributed by atoms with van der Waals surface area (Å²) in [6.07, 6.45) is 0. The first kappa shape index (κ1) is 24.2. The van der Waals surface area contributed by atoms with Crippen LogP contribution in [0.2, 0.25) is 0 Å². The molecule has 0 spiro atoms. The molecule has 8 heteroatoms. The number of phenols is 2. The number of carbonyl (C=O) groups excluding carboxylic acids is 2. The first-order chi connectivity index (χ1) is 17.7. The van der Waals surface area contributed by atoms with E-state index >= 15 is 0 Å². The van der Waals surface area contributed by atoms with Gasteiger partial charge in [-0.3, -0.25) is 9.59 Å². The highest BCUT2D eigenvalue weighted by molar-refractivity contribution is 6.19. The number of phenolic OH excluding ortho intramolecular Hbond substituents is 2. The number of carbonyl (C=O) groups is 2. The first-order valence-electron chi connectivity index (χ1n) is 12.1. The van der Waals surface area contributed by atoms with Crippen molar-refractivity contribution < 1.29 is 19.8 Å². The maximum atomic E-state index is 13.9. The molecule has 0 saturated heterocycles. The van der Waals surface area contributed by atoms with Crippen LogP contribution in [0.5, 0.6) is 11.5 Å². The van der Waals surface area contributed by atoms with Crippen LogP contribution in [-0.2, 0) is 9.59 Å². The van der Waals surface area contributed by atoms with Crippen molar-refractivity contribution in [3.63, 3.8) is 0 Å². The third-order valence-electron chi connectivity index (χ3n) is 7.01. The van der Waals surface area contributed by atoms with E-state index in [1.807, 2.05) is 62.4 Å². The third kappa shape index (κ3) is 4.24. The third-order valence-corrected chi connectivity index (χ3v) is 7.01. The van der Waals surface area contributed by atoms with Gasteiger partial charge in [0, 0.05) is 23.4 Å². The van der Waals surface area contributed by atoms with Gasteiger partial charge in [0.1, 0.15) is 11.5 Å². The van der Waals surface area contributed by atoms with Crippen molar-refractivity contribution in [2.24, 2.45) is 22.0 Å². The Balaban J connectivity index is 1.59. The van der Waals surface area contributed by atoms with Crippen LogP contribution in [-0.4, -0.2) is 33.5 Å². The van der Waals surface area contributed by atoms with E-state index in [0.29, 0.717) is 28.4 Å². The molecule has 2 aliphatic rings. The Bertz CT molecular complexity index is 1360. The zero-order chi connectivity index (χ0) is 26.4. The maximum Gasteiger partial charge on any atom is 0.256 e. The Morgan fingerprint density at radius 2 is 1.11 bits per heavy atom. The molecule has 2 aliphatic heterocycles. The van der Waals surface area contributed by atoms with E-state index in [-0.39, 0.29) is 23.3 Å². The van der Waals surface area contributed by atoms with Crippen LogP contribution in [0.1, 0.15) is 36.5 Å². The number of hydrogen-bond donors (Lipinski definition) is 2. The summed E-state index contributed by atoms with van der Waals surface area (Å²) in [4.78, 5) is 27.7. The van der Waals surface area contributed by atoms with Crippen LogP contribution in [0.4, 0.5) is 11.4 Å². The molecule has 0 aromatic heterocycles. The summed E-state index contributed by atoms with van der Waals surface area (Å²) in [5, 5.41) is 32.6. The minimum Gasteiger partial charge on any atom is -0.508 e. The molecule has 2 N–H and O–H groups in total. The Morgan fingerprint density at radius 1 is 0.676 bits per heavy atom. The van der Waals surface area contributed by atoms with Crippen LogP contribution in [0.15, 0.2) is 76.9 Å². The first-order valence-corrected chi connectivity index (χ1v) is 12.1. The molecule has 0 saturated carbocycles. The van der Waals surface area contributed by atoms with Crippen molar-refractivity contribution in [3.05, 3.63) is 83.4 Å². The van der Waals surface area contributed by atoms with Crippen molar-refractivity contribution in [2.75, 3.05) is 10.0 Å². The Labute approximate surface area is 215 Å². The van der Waals surface area contributed by atoms with Gasteiger partial charge in [0.05, 0.1) is 23.2 Å². The highest BCUT2D eigenvalue weighted by atomic mass is 16.3. The highest BCUT2D eigenvalue weighted by Gasteiger charge is 2.50. The zero-order valence-corrected chi connectivity index (χ0v) is 21.1. The largest absolute Gasteiger partial charge is 0.508 e. The molecule has 0 fully saturated rings. The van der Waals surface area contributed by atoms with Crippen LogP contribution < -0.4 is 10.0 Å². The van der Waals surface area contributed by atoms with Crippen molar-refractivity contribution in [1.29, 1.82) is 0 Å². The average molecular weight is 497 g/mol. The van der Waals surface area contributed by atoms with E-state index in [9.17, 15) is 19.8 Å². The lowest BCUT2D eigenvalue weighted by Crippen LogP contribution is -2.40. The summed E-state index contributed by atoms with van der Waals surface area (Å²) in [5.74, 6) is -3.36. The SMILES string of the molecule is CC1=NN(c2ccc(C)cc2)C(=O)C1C(c1ccc(O)cc1O)C1C(=O)N(c2ccc(C)cc2)N=C1C. The molecular formula is C29H28N4O4. The number of benzene rings is 3. The molecule has 2 amide bonds. The number of rotatable bonds is 5. The molecule has 0 bridgehead atoms. The molecule has 3 aromatic carbocycles. The second-order valence-electron chi connectivity index (χ2n) is 9.68. The number of amides is 2. The standard InChI is InChI=1S/C29H28N4O4/c1-16-5-9-20(10-6-16)32-28(36)25(18(3)30-32)27(23-14-13-22(34)15-24(23)35)26-19(4)31-33(29(26)37)21-11-7-17(2)8-12-21/h5-15,25-27,34-35H,1-4H3. The second kappa shape index (κ2) is 9.20. The Hall–Kier alpha value is -4.46. The molecule has 0 aliphatic carbocycles. The number of aryl methyl sites for hydroxylation is 2. The van der Waals surface area contributed by atoms with E-state index in [0.717, 1.165) is 11.1 Å². The fourth-order valence-corrected chi connectivity index (χ4v) is 5.09. The Morgan fingerprint density at radius 3 is 1.51 bits per heavy atom.